The fourth-order valence-electron chi connectivity index (χ4n) is 2.30. The predicted octanol–water partition coefficient (Wildman–Crippen LogP) is 3.68. The van der Waals surface area contributed by atoms with Crippen LogP contribution in [0.4, 0.5) is 5.00 Å². The van der Waals surface area contributed by atoms with Crippen molar-refractivity contribution in [3.05, 3.63) is 35.9 Å². The van der Waals surface area contributed by atoms with Gasteiger partial charge in [-0.3, -0.25) is 0 Å². The molecule has 0 aliphatic carbocycles. The average molecular weight is 257 g/mol. The Morgan fingerprint density at radius 1 is 1.33 bits per heavy atom. The summed E-state index contributed by atoms with van der Waals surface area (Å²) >= 11 is 1.61. The highest BCUT2D eigenvalue weighted by molar-refractivity contribution is 7.19. The summed E-state index contributed by atoms with van der Waals surface area (Å²) in [6, 6.07) is 10.3. The van der Waals surface area contributed by atoms with Crippen LogP contribution in [0.15, 0.2) is 30.3 Å². The normalized spacial score (nSPS) is 11.2. The van der Waals surface area contributed by atoms with Gasteiger partial charge in [-0.15, -0.1) is 11.3 Å². The topological polar surface area (TPSA) is 43.8 Å². The second kappa shape index (κ2) is 4.14. The molecular weight excluding hydrogens is 242 g/mol. The number of nitrogen functional groups attached to an aromatic ring is 1. The zero-order chi connectivity index (χ0) is 12.7. The number of imidazole rings is 1. The summed E-state index contributed by atoms with van der Waals surface area (Å²) in [5, 5.41) is 0.845. The molecule has 0 radical (unpaired) electrons. The smallest absolute Gasteiger partial charge is 0.151 e. The number of anilines is 1. The minimum Gasteiger partial charge on any atom is -0.391 e. The standard InChI is InChI=1S/C14H15N3S/c1-3-17-11-7-5-4-6-10(11)16-14(17)13-9(2)8-12(15)18-13/h4-8H,3,15H2,1-2H3. The van der Waals surface area contributed by atoms with Gasteiger partial charge in [0.15, 0.2) is 5.82 Å². The quantitative estimate of drug-likeness (QED) is 0.761. The molecule has 4 heteroatoms. The van der Waals surface area contributed by atoms with E-state index in [1.54, 1.807) is 11.3 Å². The Bertz CT molecular complexity index is 709. The van der Waals surface area contributed by atoms with Crippen molar-refractivity contribution in [2.75, 3.05) is 5.73 Å². The summed E-state index contributed by atoms with van der Waals surface area (Å²) in [4.78, 5) is 5.92. The molecule has 0 saturated carbocycles. The summed E-state index contributed by atoms with van der Waals surface area (Å²) in [5.74, 6) is 1.03. The monoisotopic (exact) mass is 257 g/mol. The van der Waals surface area contributed by atoms with Gasteiger partial charge in [0.2, 0.25) is 0 Å². The van der Waals surface area contributed by atoms with E-state index in [0.717, 1.165) is 22.9 Å². The highest BCUT2D eigenvalue weighted by atomic mass is 32.1. The summed E-state index contributed by atoms with van der Waals surface area (Å²) in [5.41, 5.74) is 9.30. The fraction of sp³-hybridized carbons (Fsp3) is 0.214. The molecule has 18 heavy (non-hydrogen) atoms. The second-order valence-corrected chi connectivity index (χ2v) is 5.41. The summed E-state index contributed by atoms with van der Waals surface area (Å²) in [6.07, 6.45) is 0. The first-order valence-corrected chi connectivity index (χ1v) is 6.84. The first-order valence-electron chi connectivity index (χ1n) is 6.02. The molecule has 1 aromatic carbocycles. The lowest BCUT2D eigenvalue weighted by Crippen LogP contribution is -1.96. The van der Waals surface area contributed by atoms with Gasteiger partial charge in [0.1, 0.15) is 0 Å². The number of hydrogen-bond donors (Lipinski definition) is 1. The van der Waals surface area contributed by atoms with Crippen LogP contribution >= 0.6 is 11.3 Å². The van der Waals surface area contributed by atoms with E-state index in [-0.39, 0.29) is 0 Å². The molecule has 2 heterocycles. The molecule has 92 valence electrons. The molecule has 0 saturated heterocycles. The van der Waals surface area contributed by atoms with Crippen molar-refractivity contribution in [2.24, 2.45) is 0 Å². The molecule has 0 atom stereocenters. The lowest BCUT2D eigenvalue weighted by Gasteiger charge is -2.04. The number of rotatable bonds is 2. The number of aromatic nitrogens is 2. The van der Waals surface area contributed by atoms with Gasteiger partial charge in [0.25, 0.3) is 0 Å². The number of aryl methyl sites for hydroxylation is 2. The summed E-state index contributed by atoms with van der Waals surface area (Å²) in [6.45, 7) is 5.14. The largest absolute Gasteiger partial charge is 0.391 e. The molecule has 0 fully saturated rings. The van der Waals surface area contributed by atoms with Crippen LogP contribution in [0.2, 0.25) is 0 Å². The van der Waals surface area contributed by atoms with Crippen molar-refractivity contribution in [3.8, 4) is 10.7 Å². The molecule has 0 unspecified atom stereocenters. The number of fused-ring (bicyclic) bond motifs is 1. The van der Waals surface area contributed by atoms with Crippen molar-refractivity contribution in [1.82, 2.24) is 9.55 Å². The Labute approximate surface area is 110 Å². The Kier molecular flexibility index (Phi) is 2.59. The number of benzene rings is 1. The van der Waals surface area contributed by atoms with Crippen molar-refractivity contribution < 1.29 is 0 Å². The van der Waals surface area contributed by atoms with E-state index in [0.29, 0.717) is 0 Å². The third-order valence-electron chi connectivity index (χ3n) is 3.11. The van der Waals surface area contributed by atoms with Crippen molar-refractivity contribution in [2.45, 2.75) is 20.4 Å². The minimum atomic E-state index is 0.845. The summed E-state index contributed by atoms with van der Waals surface area (Å²) in [7, 11) is 0. The SMILES string of the molecule is CCn1c(-c2sc(N)cc2C)nc2ccccc21. The average Bonchev–Trinajstić information content (AvgIpc) is 2.88. The fourth-order valence-corrected chi connectivity index (χ4v) is 3.24. The number of nitrogens with two attached hydrogens (primary N) is 1. The van der Waals surface area contributed by atoms with Gasteiger partial charge in [0.05, 0.1) is 20.9 Å². The number of nitrogens with zero attached hydrogens (tertiary/aromatic N) is 2. The predicted molar refractivity (Wildman–Crippen MR) is 77.9 cm³/mol. The molecule has 3 nitrogen and oxygen atoms in total. The molecule has 2 aromatic heterocycles. The number of para-hydroxylation sites is 2. The van der Waals surface area contributed by atoms with E-state index in [2.05, 4.69) is 36.6 Å². The molecule has 0 aliphatic heterocycles. The van der Waals surface area contributed by atoms with E-state index < -0.39 is 0 Å². The molecule has 0 bridgehead atoms. The molecule has 0 spiro atoms. The highest BCUT2D eigenvalue weighted by Crippen LogP contribution is 2.34. The van der Waals surface area contributed by atoms with Crippen LogP contribution in [0.1, 0.15) is 12.5 Å². The van der Waals surface area contributed by atoms with E-state index in [4.69, 9.17) is 10.7 Å². The minimum absolute atomic E-state index is 0.845. The maximum Gasteiger partial charge on any atom is 0.151 e. The van der Waals surface area contributed by atoms with Gasteiger partial charge in [-0.05, 0) is 37.6 Å². The maximum atomic E-state index is 5.88. The van der Waals surface area contributed by atoms with Crippen molar-refractivity contribution >= 4 is 27.4 Å². The van der Waals surface area contributed by atoms with E-state index in [1.807, 2.05) is 12.1 Å². The van der Waals surface area contributed by atoms with Crippen LogP contribution in [0.25, 0.3) is 21.7 Å². The Morgan fingerprint density at radius 2 is 2.11 bits per heavy atom. The lowest BCUT2D eigenvalue weighted by atomic mass is 10.3. The zero-order valence-electron chi connectivity index (χ0n) is 10.5. The van der Waals surface area contributed by atoms with Crippen LogP contribution in [0.3, 0.4) is 0 Å². The van der Waals surface area contributed by atoms with E-state index >= 15 is 0 Å². The molecule has 0 aliphatic rings. The van der Waals surface area contributed by atoms with Crippen molar-refractivity contribution in [1.29, 1.82) is 0 Å². The van der Waals surface area contributed by atoms with Crippen LogP contribution in [-0.2, 0) is 6.54 Å². The Morgan fingerprint density at radius 3 is 2.78 bits per heavy atom. The van der Waals surface area contributed by atoms with Crippen LogP contribution < -0.4 is 5.73 Å². The number of hydrogen-bond acceptors (Lipinski definition) is 3. The van der Waals surface area contributed by atoms with Gasteiger partial charge in [-0.2, -0.15) is 0 Å². The first-order chi connectivity index (χ1) is 8.70. The van der Waals surface area contributed by atoms with Gasteiger partial charge >= 0.3 is 0 Å². The highest BCUT2D eigenvalue weighted by Gasteiger charge is 2.15. The maximum absolute atomic E-state index is 5.88. The van der Waals surface area contributed by atoms with Gasteiger partial charge in [-0.25, -0.2) is 4.98 Å². The number of thiophene rings is 1. The molecule has 0 amide bonds. The molecule has 3 aromatic rings. The van der Waals surface area contributed by atoms with Gasteiger partial charge in [-0.1, -0.05) is 12.1 Å². The molecule has 3 rings (SSSR count). The third kappa shape index (κ3) is 1.61. The summed E-state index contributed by atoms with van der Waals surface area (Å²) < 4.78 is 2.24. The van der Waals surface area contributed by atoms with Crippen molar-refractivity contribution in [3.63, 3.8) is 0 Å². The Hall–Kier alpha value is -1.81. The lowest BCUT2D eigenvalue weighted by molar-refractivity contribution is 0.797. The molecular formula is C14H15N3S. The molecule has 2 N–H and O–H groups in total. The van der Waals surface area contributed by atoms with Gasteiger partial charge < -0.3 is 10.3 Å². The van der Waals surface area contributed by atoms with E-state index in [9.17, 15) is 0 Å². The Balaban J connectivity index is 2.32. The van der Waals surface area contributed by atoms with Crippen LogP contribution in [0, 0.1) is 6.92 Å². The third-order valence-corrected chi connectivity index (χ3v) is 4.17. The first kappa shape index (κ1) is 11.3. The van der Waals surface area contributed by atoms with Gasteiger partial charge in [0, 0.05) is 6.54 Å². The van der Waals surface area contributed by atoms with Crippen LogP contribution in [0.5, 0.6) is 0 Å². The second-order valence-electron chi connectivity index (χ2n) is 4.33. The van der Waals surface area contributed by atoms with E-state index in [1.165, 1.54) is 16.0 Å². The van der Waals surface area contributed by atoms with Crippen LogP contribution in [-0.4, -0.2) is 9.55 Å². The zero-order valence-corrected chi connectivity index (χ0v) is 11.3.